The first-order valence-corrected chi connectivity index (χ1v) is 2.77. The molecule has 48 valence electrons. The van der Waals surface area contributed by atoms with E-state index in [0.717, 1.165) is 6.54 Å². The molecule has 0 amide bonds. The molecule has 1 rings (SSSR count). The zero-order valence-corrected chi connectivity index (χ0v) is 4.91. The van der Waals surface area contributed by atoms with Crippen molar-refractivity contribution < 1.29 is 10.0 Å². The highest BCUT2D eigenvalue weighted by atomic mass is 16.4. The maximum absolute atomic E-state index is 8.57. The molecule has 3 N–H and O–H groups in total. The van der Waals surface area contributed by atoms with E-state index in [1.165, 1.54) is 0 Å². The van der Waals surface area contributed by atoms with E-state index in [4.69, 9.17) is 10.0 Å². The predicted molar refractivity (Wildman–Crippen MR) is 35.4 cm³/mol. The van der Waals surface area contributed by atoms with Gasteiger partial charge >= 0.3 is 7.12 Å². The molecule has 0 fully saturated rings. The first-order chi connectivity index (χ1) is 4.30. The Morgan fingerprint density at radius 1 is 1.56 bits per heavy atom. The van der Waals surface area contributed by atoms with Gasteiger partial charge in [0.25, 0.3) is 0 Å². The Morgan fingerprint density at radius 2 is 2.33 bits per heavy atom. The van der Waals surface area contributed by atoms with E-state index in [0.29, 0.717) is 5.47 Å². The molecule has 0 aromatic rings. The molecule has 0 saturated carbocycles. The topological polar surface area (TPSA) is 52.5 Å². The Balaban J connectivity index is 2.58. The molecule has 0 atom stereocenters. The summed E-state index contributed by atoms with van der Waals surface area (Å²) >= 11 is 0. The van der Waals surface area contributed by atoms with Crippen molar-refractivity contribution in [1.82, 2.24) is 5.32 Å². The van der Waals surface area contributed by atoms with E-state index in [2.05, 4.69) is 5.32 Å². The Bertz CT molecular complexity index is 153. The lowest BCUT2D eigenvalue weighted by Crippen LogP contribution is -2.20. The smallest absolute Gasteiger partial charge is 0.423 e. The van der Waals surface area contributed by atoms with Crippen LogP contribution in [-0.4, -0.2) is 23.7 Å². The molecule has 1 aliphatic rings. The summed E-state index contributed by atoms with van der Waals surface area (Å²) in [6, 6.07) is 0. The Labute approximate surface area is 53.8 Å². The monoisotopic (exact) mass is 125 g/mol. The van der Waals surface area contributed by atoms with Gasteiger partial charge in [0.2, 0.25) is 0 Å². The van der Waals surface area contributed by atoms with Gasteiger partial charge in [-0.3, -0.25) is 0 Å². The average Bonchev–Trinajstić information content (AvgIpc) is 1.90. The van der Waals surface area contributed by atoms with Gasteiger partial charge < -0.3 is 15.4 Å². The summed E-state index contributed by atoms with van der Waals surface area (Å²) in [4.78, 5) is 0. The van der Waals surface area contributed by atoms with Gasteiger partial charge in [-0.15, -0.1) is 0 Å². The second-order valence-corrected chi connectivity index (χ2v) is 1.83. The van der Waals surface area contributed by atoms with Gasteiger partial charge in [0.05, 0.1) is 0 Å². The summed E-state index contributed by atoms with van der Waals surface area (Å²) in [5.41, 5.74) is 0.501. The van der Waals surface area contributed by atoms with Crippen LogP contribution in [0.2, 0.25) is 0 Å². The molecule has 0 aromatic carbocycles. The molecule has 4 heteroatoms. The van der Waals surface area contributed by atoms with Crippen LogP contribution in [0.4, 0.5) is 0 Å². The largest absolute Gasteiger partial charge is 0.489 e. The maximum atomic E-state index is 8.57. The van der Waals surface area contributed by atoms with Gasteiger partial charge in [0.1, 0.15) is 0 Å². The normalized spacial score (nSPS) is 16.4. The Morgan fingerprint density at radius 3 is 2.67 bits per heavy atom. The Kier molecular flexibility index (Phi) is 1.92. The van der Waals surface area contributed by atoms with Gasteiger partial charge in [-0.25, -0.2) is 0 Å². The summed E-state index contributed by atoms with van der Waals surface area (Å²) < 4.78 is 0. The van der Waals surface area contributed by atoms with E-state index < -0.39 is 7.12 Å². The molecule has 0 radical (unpaired) electrons. The van der Waals surface area contributed by atoms with Crippen LogP contribution in [0, 0.1) is 0 Å². The fraction of sp³-hybridized carbons (Fsp3) is 0.200. The zero-order valence-electron chi connectivity index (χ0n) is 4.91. The van der Waals surface area contributed by atoms with Gasteiger partial charge in [0, 0.05) is 6.54 Å². The lowest BCUT2D eigenvalue weighted by atomic mass is 9.79. The van der Waals surface area contributed by atoms with Gasteiger partial charge in [-0.1, -0.05) is 12.2 Å². The number of allylic oxidation sites excluding steroid dienone is 2. The maximum Gasteiger partial charge on any atom is 0.489 e. The highest BCUT2D eigenvalue weighted by Gasteiger charge is 2.11. The molecule has 0 spiro atoms. The summed E-state index contributed by atoms with van der Waals surface area (Å²) in [6.07, 6.45) is 5.10. The second-order valence-electron chi connectivity index (χ2n) is 1.83. The third kappa shape index (κ3) is 1.59. The SMILES string of the molecule is OB(O)C1=CNCC=C1. The zero-order chi connectivity index (χ0) is 6.69. The van der Waals surface area contributed by atoms with Crippen LogP contribution >= 0.6 is 0 Å². The summed E-state index contributed by atoms with van der Waals surface area (Å²) in [5.74, 6) is 0. The van der Waals surface area contributed by atoms with Crippen molar-refractivity contribution in [2.45, 2.75) is 0 Å². The van der Waals surface area contributed by atoms with Crippen molar-refractivity contribution in [2.24, 2.45) is 0 Å². The molecule has 3 nitrogen and oxygen atoms in total. The molecule has 0 unspecified atom stereocenters. The van der Waals surface area contributed by atoms with Crippen LogP contribution in [-0.2, 0) is 0 Å². The number of nitrogens with one attached hydrogen (secondary N) is 1. The molecule has 0 aromatic heterocycles. The quantitative estimate of drug-likeness (QED) is 0.395. The molecular weight excluding hydrogens is 117 g/mol. The van der Waals surface area contributed by atoms with E-state index in [1.807, 2.05) is 6.08 Å². The highest BCUT2D eigenvalue weighted by Crippen LogP contribution is 1.99. The highest BCUT2D eigenvalue weighted by molar-refractivity contribution is 6.51. The minimum Gasteiger partial charge on any atom is -0.423 e. The number of hydrogen-bond donors (Lipinski definition) is 3. The van der Waals surface area contributed by atoms with E-state index in [9.17, 15) is 0 Å². The lowest BCUT2D eigenvalue weighted by Gasteiger charge is -2.05. The average molecular weight is 125 g/mol. The molecule has 0 bridgehead atoms. The molecule has 0 saturated heterocycles. The summed E-state index contributed by atoms with van der Waals surface area (Å²) in [7, 11) is -1.35. The summed E-state index contributed by atoms with van der Waals surface area (Å²) in [5, 5.41) is 20.0. The van der Waals surface area contributed by atoms with Crippen LogP contribution < -0.4 is 5.32 Å². The Hall–Kier alpha value is -0.735. The van der Waals surface area contributed by atoms with E-state index in [1.54, 1.807) is 12.3 Å². The predicted octanol–water partition coefficient (Wildman–Crippen LogP) is -0.958. The third-order valence-electron chi connectivity index (χ3n) is 1.11. The fourth-order valence-electron chi connectivity index (χ4n) is 0.649. The van der Waals surface area contributed by atoms with Crippen LogP contribution in [0.1, 0.15) is 0 Å². The lowest BCUT2D eigenvalue weighted by molar-refractivity contribution is 0.420. The first kappa shape index (κ1) is 6.39. The molecule has 0 aliphatic carbocycles. The standard InChI is InChI=1S/C5H8BNO2/c8-6(9)5-2-1-3-7-4-5/h1-2,4,7-9H,3H2. The van der Waals surface area contributed by atoms with Crippen LogP contribution in [0.15, 0.2) is 23.8 Å². The minimum absolute atomic E-state index is 0.501. The second kappa shape index (κ2) is 2.71. The van der Waals surface area contributed by atoms with Gasteiger partial charge in [0.15, 0.2) is 0 Å². The van der Waals surface area contributed by atoms with Crippen LogP contribution in [0.25, 0.3) is 0 Å². The van der Waals surface area contributed by atoms with Crippen molar-refractivity contribution in [3.63, 3.8) is 0 Å². The van der Waals surface area contributed by atoms with E-state index in [-0.39, 0.29) is 0 Å². The number of dihydropyridines is 1. The van der Waals surface area contributed by atoms with Crippen LogP contribution in [0.3, 0.4) is 0 Å². The van der Waals surface area contributed by atoms with Gasteiger partial charge in [-0.2, -0.15) is 0 Å². The van der Waals surface area contributed by atoms with E-state index >= 15 is 0 Å². The van der Waals surface area contributed by atoms with Crippen LogP contribution in [0.5, 0.6) is 0 Å². The van der Waals surface area contributed by atoms with Crippen molar-refractivity contribution in [3.05, 3.63) is 23.8 Å². The van der Waals surface area contributed by atoms with Crippen molar-refractivity contribution >= 4 is 7.12 Å². The first-order valence-electron chi connectivity index (χ1n) is 2.77. The van der Waals surface area contributed by atoms with Crippen molar-refractivity contribution in [2.75, 3.05) is 6.54 Å². The van der Waals surface area contributed by atoms with Crippen molar-refractivity contribution in [1.29, 1.82) is 0 Å². The minimum atomic E-state index is -1.35. The van der Waals surface area contributed by atoms with Gasteiger partial charge in [-0.05, 0) is 11.7 Å². The molecule has 1 aliphatic heterocycles. The number of rotatable bonds is 1. The number of hydrogen-bond acceptors (Lipinski definition) is 3. The van der Waals surface area contributed by atoms with Crippen molar-refractivity contribution in [3.8, 4) is 0 Å². The third-order valence-corrected chi connectivity index (χ3v) is 1.11. The molecule has 1 heterocycles. The summed E-state index contributed by atoms with van der Waals surface area (Å²) in [6.45, 7) is 0.760. The fourth-order valence-corrected chi connectivity index (χ4v) is 0.649. The molecule has 9 heavy (non-hydrogen) atoms. The molecular formula is C5H8BNO2.